The number of rotatable bonds is 10. The number of aromatic nitrogens is 1. The summed E-state index contributed by atoms with van der Waals surface area (Å²) in [5, 5.41) is 0.354. The third-order valence-corrected chi connectivity index (χ3v) is 6.07. The van der Waals surface area contributed by atoms with Crippen molar-refractivity contribution in [3.63, 3.8) is 0 Å². The number of halogens is 1. The van der Waals surface area contributed by atoms with Crippen LogP contribution in [0.4, 0.5) is 10.2 Å². The van der Waals surface area contributed by atoms with Crippen molar-refractivity contribution in [2.75, 3.05) is 17.1 Å². The molecule has 0 unspecified atom stereocenters. The molecular weight excluding hydrogens is 433 g/mol. The second-order valence-electron chi connectivity index (χ2n) is 7.29. The smallest absolute Gasteiger partial charge is 0.252 e. The lowest BCUT2D eigenvalue weighted by Gasteiger charge is -2.22. The Labute approximate surface area is 186 Å². The van der Waals surface area contributed by atoms with Gasteiger partial charge in [0.2, 0.25) is 15.7 Å². The number of allylic oxidation sites excluding steroid dienone is 1. The number of benzene rings is 1. The van der Waals surface area contributed by atoms with Gasteiger partial charge in [-0.05, 0) is 36.6 Å². The van der Waals surface area contributed by atoms with Crippen molar-refractivity contribution in [2.45, 2.75) is 19.3 Å². The normalized spacial score (nSPS) is 11.4. The van der Waals surface area contributed by atoms with E-state index in [0.717, 1.165) is 6.26 Å². The van der Waals surface area contributed by atoms with Gasteiger partial charge < -0.3 is 10.2 Å². The van der Waals surface area contributed by atoms with E-state index >= 15 is 0 Å². The van der Waals surface area contributed by atoms with E-state index in [9.17, 15) is 17.6 Å². The van der Waals surface area contributed by atoms with Crippen LogP contribution in [0.3, 0.4) is 0 Å². The highest BCUT2D eigenvalue weighted by atomic mass is 32.2. The molecule has 0 spiro atoms. The fourth-order valence-corrected chi connectivity index (χ4v) is 4.34. The first-order chi connectivity index (χ1) is 15.2. The number of hydrogen-bond donors (Lipinski definition) is 1. The lowest BCUT2D eigenvalue weighted by molar-refractivity contribution is 0.1000. The minimum atomic E-state index is -3.65. The molecule has 0 bridgehead atoms. The summed E-state index contributed by atoms with van der Waals surface area (Å²) in [6, 6.07) is 7.36. The maximum Gasteiger partial charge on any atom is 0.252 e. The van der Waals surface area contributed by atoms with Gasteiger partial charge in [0.05, 0.1) is 17.2 Å². The molecule has 168 valence electrons. The monoisotopic (exact) mass is 457 g/mol. The molecule has 0 aliphatic rings. The summed E-state index contributed by atoms with van der Waals surface area (Å²) >= 11 is 0. The molecule has 0 aliphatic carbocycles. The van der Waals surface area contributed by atoms with E-state index in [4.69, 9.17) is 10.2 Å². The summed E-state index contributed by atoms with van der Waals surface area (Å²) < 4.78 is 45.2. The highest BCUT2D eigenvalue weighted by Crippen LogP contribution is 2.32. The van der Waals surface area contributed by atoms with E-state index in [1.807, 2.05) is 0 Å². The van der Waals surface area contributed by atoms with Gasteiger partial charge in [0.1, 0.15) is 11.6 Å². The average Bonchev–Trinajstić information content (AvgIpc) is 3.08. The Hall–Kier alpha value is -3.46. The van der Waals surface area contributed by atoms with E-state index < -0.39 is 15.9 Å². The number of hydrogen-bond acceptors (Lipinski definition) is 5. The molecule has 7 nitrogen and oxygen atoms in total. The Morgan fingerprint density at radius 1 is 1.28 bits per heavy atom. The summed E-state index contributed by atoms with van der Waals surface area (Å²) in [6.45, 7) is 7.60. The standard InChI is InChI=1S/C23H24FN3O4S/c1-4-6-7-12-27(32(3,29)30)22-16(5-2)14-18-20(21(25)28)19(31-23(18)26-22)13-15-8-10-17(24)11-9-15/h4-5,8-11,14H,1-2,6-7,12-13H2,3H3,(H2,25,28). The van der Waals surface area contributed by atoms with E-state index in [1.54, 1.807) is 24.3 Å². The molecule has 0 radical (unpaired) electrons. The van der Waals surface area contributed by atoms with Gasteiger partial charge >= 0.3 is 0 Å². The zero-order valence-corrected chi connectivity index (χ0v) is 18.5. The van der Waals surface area contributed by atoms with E-state index in [2.05, 4.69) is 18.1 Å². The van der Waals surface area contributed by atoms with Gasteiger partial charge in [-0.15, -0.1) is 6.58 Å². The Morgan fingerprint density at radius 2 is 1.97 bits per heavy atom. The first-order valence-electron chi connectivity index (χ1n) is 9.87. The van der Waals surface area contributed by atoms with Crippen LogP contribution in [0.2, 0.25) is 0 Å². The number of primary amides is 1. The molecule has 0 fully saturated rings. The second kappa shape index (κ2) is 9.35. The molecule has 3 rings (SSSR count). The number of carbonyl (C=O) groups is 1. The first-order valence-corrected chi connectivity index (χ1v) is 11.7. The maximum absolute atomic E-state index is 13.2. The van der Waals surface area contributed by atoms with Crippen LogP contribution in [0.15, 0.2) is 54.0 Å². The van der Waals surface area contributed by atoms with Crippen LogP contribution in [-0.4, -0.2) is 32.1 Å². The van der Waals surface area contributed by atoms with Crippen molar-refractivity contribution in [3.8, 4) is 0 Å². The Morgan fingerprint density at radius 3 is 2.53 bits per heavy atom. The molecule has 3 aromatic rings. The number of pyridine rings is 1. The van der Waals surface area contributed by atoms with Gasteiger partial charge in [0.15, 0.2) is 5.82 Å². The minimum Gasteiger partial charge on any atom is -0.441 e. The molecule has 0 saturated carbocycles. The van der Waals surface area contributed by atoms with Gasteiger partial charge in [-0.2, -0.15) is 4.98 Å². The van der Waals surface area contributed by atoms with Crippen molar-refractivity contribution >= 4 is 38.9 Å². The largest absolute Gasteiger partial charge is 0.441 e. The zero-order chi connectivity index (χ0) is 23.5. The number of amides is 1. The third-order valence-electron chi connectivity index (χ3n) is 4.91. The second-order valence-corrected chi connectivity index (χ2v) is 9.20. The third kappa shape index (κ3) is 4.88. The highest BCUT2D eigenvalue weighted by Gasteiger charge is 2.26. The molecule has 32 heavy (non-hydrogen) atoms. The van der Waals surface area contributed by atoms with Crippen LogP contribution in [-0.2, 0) is 16.4 Å². The number of unbranched alkanes of at least 4 members (excludes halogenated alkanes) is 1. The average molecular weight is 458 g/mol. The zero-order valence-electron chi connectivity index (χ0n) is 17.7. The van der Waals surface area contributed by atoms with Gasteiger partial charge in [-0.3, -0.25) is 9.10 Å². The molecule has 2 heterocycles. The van der Waals surface area contributed by atoms with Crippen molar-refractivity contribution in [2.24, 2.45) is 5.73 Å². The Bertz CT molecular complexity index is 1280. The summed E-state index contributed by atoms with van der Waals surface area (Å²) in [5.41, 5.74) is 6.96. The number of nitrogens with zero attached hydrogens (tertiary/aromatic N) is 2. The maximum atomic E-state index is 13.2. The lowest BCUT2D eigenvalue weighted by atomic mass is 10.0. The molecule has 2 N–H and O–H groups in total. The molecule has 1 aromatic carbocycles. The predicted octanol–water partition coefficient (Wildman–Crippen LogP) is 4.03. The molecule has 1 amide bonds. The fraction of sp³-hybridized carbons (Fsp3) is 0.217. The Balaban J connectivity index is 2.16. The van der Waals surface area contributed by atoms with Crippen LogP contribution < -0.4 is 10.0 Å². The van der Waals surface area contributed by atoms with Crippen molar-refractivity contribution < 1.29 is 22.0 Å². The summed E-state index contributed by atoms with van der Waals surface area (Å²) in [5.74, 6) is -0.683. The van der Waals surface area contributed by atoms with Crippen molar-refractivity contribution in [1.82, 2.24) is 4.98 Å². The van der Waals surface area contributed by atoms with Gasteiger partial charge in [-0.1, -0.05) is 30.9 Å². The number of sulfonamides is 1. The van der Waals surface area contributed by atoms with E-state index in [-0.39, 0.29) is 41.6 Å². The SMILES string of the molecule is C=CCCCN(c1nc2oc(Cc3ccc(F)cc3)c(C(N)=O)c2cc1C=C)S(C)(=O)=O. The Kier molecular flexibility index (Phi) is 6.78. The number of fused-ring (bicyclic) bond motifs is 1. The summed E-state index contributed by atoms with van der Waals surface area (Å²) in [6.07, 6.45) is 5.63. The van der Waals surface area contributed by atoms with Crippen LogP contribution >= 0.6 is 0 Å². The molecule has 0 aliphatic heterocycles. The lowest BCUT2D eigenvalue weighted by Crippen LogP contribution is -2.32. The van der Waals surface area contributed by atoms with Gasteiger partial charge in [0, 0.05) is 18.5 Å². The van der Waals surface area contributed by atoms with Gasteiger partial charge in [-0.25, -0.2) is 12.8 Å². The minimum absolute atomic E-state index is 0.0777. The van der Waals surface area contributed by atoms with E-state index in [0.29, 0.717) is 29.4 Å². The van der Waals surface area contributed by atoms with Crippen LogP contribution in [0.1, 0.15) is 40.1 Å². The van der Waals surface area contributed by atoms with Gasteiger partial charge in [0.25, 0.3) is 5.91 Å². The van der Waals surface area contributed by atoms with Crippen LogP contribution in [0.25, 0.3) is 17.2 Å². The molecular formula is C23H24FN3O4S. The number of furan rings is 1. The van der Waals surface area contributed by atoms with Crippen molar-refractivity contribution in [1.29, 1.82) is 0 Å². The number of anilines is 1. The molecule has 0 atom stereocenters. The molecule has 0 saturated heterocycles. The molecule has 2 aromatic heterocycles. The van der Waals surface area contributed by atoms with Crippen LogP contribution in [0, 0.1) is 5.82 Å². The quantitative estimate of drug-likeness (QED) is 0.365. The summed E-state index contributed by atoms with van der Waals surface area (Å²) in [4.78, 5) is 16.7. The first kappa shape index (κ1) is 23.2. The van der Waals surface area contributed by atoms with E-state index in [1.165, 1.54) is 22.5 Å². The predicted molar refractivity (Wildman–Crippen MR) is 123 cm³/mol. The number of nitrogens with two attached hydrogens (primary N) is 1. The summed E-state index contributed by atoms with van der Waals surface area (Å²) in [7, 11) is -3.65. The number of carbonyl (C=O) groups excluding carboxylic acids is 1. The topological polar surface area (TPSA) is 106 Å². The van der Waals surface area contributed by atoms with Crippen LogP contribution in [0.5, 0.6) is 0 Å². The van der Waals surface area contributed by atoms with Crippen molar-refractivity contribution in [3.05, 3.63) is 77.8 Å². The molecule has 9 heteroatoms. The fourth-order valence-electron chi connectivity index (χ4n) is 3.42. The highest BCUT2D eigenvalue weighted by molar-refractivity contribution is 7.92.